The Hall–Kier alpha value is -1.05. The molecule has 0 fully saturated rings. The van der Waals surface area contributed by atoms with Gasteiger partial charge in [-0.2, -0.15) is 0 Å². The van der Waals surface area contributed by atoms with Crippen molar-refractivity contribution in [3.8, 4) is 0 Å². The highest BCUT2D eigenvalue weighted by atomic mass is 16.1. The number of rotatable bonds is 2. The average molecular weight is 165 g/mol. The molecule has 0 unspecified atom stereocenters. The van der Waals surface area contributed by atoms with Crippen LogP contribution in [0, 0.1) is 13.8 Å². The Morgan fingerprint density at radius 1 is 1.50 bits per heavy atom. The molecule has 0 aliphatic heterocycles. The predicted molar refractivity (Wildman–Crippen MR) is 49.5 cm³/mol. The molecule has 0 spiro atoms. The van der Waals surface area contributed by atoms with E-state index in [0.717, 1.165) is 11.1 Å². The SMILES string of the molecule is CCC(=O)c1cn(C)c(C)c1C. The summed E-state index contributed by atoms with van der Waals surface area (Å²) in [6.45, 7) is 5.92. The molecule has 2 nitrogen and oxygen atoms in total. The third-order valence-electron chi connectivity index (χ3n) is 2.42. The minimum atomic E-state index is 0.233. The van der Waals surface area contributed by atoms with Crippen molar-refractivity contribution in [2.24, 2.45) is 7.05 Å². The van der Waals surface area contributed by atoms with Gasteiger partial charge < -0.3 is 4.57 Å². The van der Waals surface area contributed by atoms with E-state index >= 15 is 0 Å². The predicted octanol–water partition coefficient (Wildman–Crippen LogP) is 2.23. The molecule has 0 atom stereocenters. The van der Waals surface area contributed by atoms with Gasteiger partial charge in [-0.1, -0.05) is 6.92 Å². The van der Waals surface area contributed by atoms with Crippen LogP contribution in [0.2, 0.25) is 0 Å². The maximum absolute atomic E-state index is 11.4. The standard InChI is InChI=1S/C10H15NO/c1-5-10(12)9-6-11(4)8(3)7(9)2/h6H,5H2,1-4H3. The third kappa shape index (κ3) is 1.29. The van der Waals surface area contributed by atoms with Gasteiger partial charge in [0.05, 0.1) is 0 Å². The highest BCUT2D eigenvalue weighted by molar-refractivity contribution is 5.97. The summed E-state index contributed by atoms with van der Waals surface area (Å²) in [6.07, 6.45) is 2.50. The summed E-state index contributed by atoms with van der Waals surface area (Å²) >= 11 is 0. The fraction of sp³-hybridized carbons (Fsp3) is 0.500. The van der Waals surface area contributed by atoms with E-state index in [2.05, 4.69) is 0 Å². The Labute approximate surface area is 73.2 Å². The van der Waals surface area contributed by atoms with Crippen LogP contribution in [0.1, 0.15) is 35.0 Å². The van der Waals surface area contributed by atoms with Crippen LogP contribution in [0.25, 0.3) is 0 Å². The fourth-order valence-corrected chi connectivity index (χ4v) is 1.32. The molecule has 0 radical (unpaired) electrons. The molecule has 0 aliphatic rings. The zero-order valence-corrected chi connectivity index (χ0v) is 8.14. The van der Waals surface area contributed by atoms with Crippen LogP contribution in [-0.4, -0.2) is 10.4 Å². The molecule has 1 heterocycles. The van der Waals surface area contributed by atoms with Gasteiger partial charge in [-0.25, -0.2) is 0 Å². The summed E-state index contributed by atoms with van der Waals surface area (Å²) in [5.74, 6) is 0.233. The van der Waals surface area contributed by atoms with Crippen LogP contribution >= 0.6 is 0 Å². The second-order valence-electron chi connectivity index (χ2n) is 3.14. The van der Waals surface area contributed by atoms with Crippen molar-refractivity contribution in [3.63, 3.8) is 0 Å². The topological polar surface area (TPSA) is 22.0 Å². The highest BCUT2D eigenvalue weighted by Gasteiger charge is 2.11. The normalized spacial score (nSPS) is 10.3. The van der Waals surface area contributed by atoms with Crippen LogP contribution in [-0.2, 0) is 7.05 Å². The Kier molecular flexibility index (Phi) is 2.36. The number of ketones is 1. The minimum absolute atomic E-state index is 0.233. The van der Waals surface area contributed by atoms with E-state index in [9.17, 15) is 4.79 Å². The maximum atomic E-state index is 11.4. The van der Waals surface area contributed by atoms with Gasteiger partial charge in [-0.3, -0.25) is 4.79 Å². The molecule has 1 aromatic heterocycles. The molecule has 1 aromatic rings. The summed E-state index contributed by atoms with van der Waals surface area (Å²) in [5.41, 5.74) is 3.16. The number of aromatic nitrogens is 1. The first-order valence-corrected chi connectivity index (χ1v) is 4.23. The second-order valence-corrected chi connectivity index (χ2v) is 3.14. The van der Waals surface area contributed by atoms with Gasteiger partial charge >= 0.3 is 0 Å². The van der Waals surface area contributed by atoms with Gasteiger partial charge in [-0.15, -0.1) is 0 Å². The van der Waals surface area contributed by atoms with Crippen molar-refractivity contribution in [2.75, 3.05) is 0 Å². The number of Topliss-reactive ketones (excluding diaryl/α,β-unsaturated/α-hetero) is 1. The van der Waals surface area contributed by atoms with Crippen molar-refractivity contribution in [2.45, 2.75) is 27.2 Å². The zero-order chi connectivity index (χ0) is 9.30. The van der Waals surface area contributed by atoms with Crippen molar-refractivity contribution in [1.29, 1.82) is 0 Å². The first kappa shape index (κ1) is 9.04. The number of hydrogen-bond acceptors (Lipinski definition) is 1. The number of carbonyl (C=O) groups is 1. The van der Waals surface area contributed by atoms with Crippen LogP contribution in [0.5, 0.6) is 0 Å². The van der Waals surface area contributed by atoms with Crippen LogP contribution < -0.4 is 0 Å². The molecule has 0 amide bonds. The monoisotopic (exact) mass is 165 g/mol. The van der Waals surface area contributed by atoms with Crippen molar-refractivity contribution in [3.05, 3.63) is 23.0 Å². The molecule has 2 heteroatoms. The first-order valence-electron chi connectivity index (χ1n) is 4.23. The molecule has 0 bridgehead atoms. The molecule has 0 aliphatic carbocycles. The van der Waals surface area contributed by atoms with Crippen LogP contribution in [0.4, 0.5) is 0 Å². The lowest BCUT2D eigenvalue weighted by Crippen LogP contribution is -1.96. The molecule has 1 rings (SSSR count). The lowest BCUT2D eigenvalue weighted by Gasteiger charge is -1.95. The average Bonchev–Trinajstić information content (AvgIpc) is 2.32. The summed E-state index contributed by atoms with van der Waals surface area (Å²) < 4.78 is 2.00. The Bertz CT molecular complexity index is 310. The van der Waals surface area contributed by atoms with Gasteiger partial charge in [0, 0.05) is 30.9 Å². The maximum Gasteiger partial charge on any atom is 0.164 e. The highest BCUT2D eigenvalue weighted by Crippen LogP contribution is 2.15. The number of nitrogens with zero attached hydrogens (tertiary/aromatic N) is 1. The molecular formula is C10H15NO. The molecule has 0 aromatic carbocycles. The van der Waals surface area contributed by atoms with Gasteiger partial charge in [0.15, 0.2) is 5.78 Å². The van der Waals surface area contributed by atoms with Gasteiger partial charge in [-0.05, 0) is 19.4 Å². The van der Waals surface area contributed by atoms with Gasteiger partial charge in [0.2, 0.25) is 0 Å². The van der Waals surface area contributed by atoms with E-state index in [1.54, 1.807) is 0 Å². The second kappa shape index (κ2) is 3.13. The van der Waals surface area contributed by atoms with E-state index in [4.69, 9.17) is 0 Å². The van der Waals surface area contributed by atoms with E-state index < -0.39 is 0 Å². The molecule has 66 valence electrons. The van der Waals surface area contributed by atoms with Crippen LogP contribution in [0.3, 0.4) is 0 Å². The number of carbonyl (C=O) groups excluding carboxylic acids is 1. The first-order chi connectivity index (χ1) is 5.57. The van der Waals surface area contributed by atoms with Gasteiger partial charge in [0.1, 0.15) is 0 Å². The Morgan fingerprint density at radius 2 is 2.08 bits per heavy atom. The largest absolute Gasteiger partial charge is 0.354 e. The summed E-state index contributed by atoms with van der Waals surface area (Å²) in [6, 6.07) is 0. The third-order valence-corrected chi connectivity index (χ3v) is 2.42. The smallest absolute Gasteiger partial charge is 0.164 e. The molecule has 0 saturated carbocycles. The lowest BCUT2D eigenvalue weighted by atomic mass is 10.1. The number of aryl methyl sites for hydroxylation is 1. The summed E-state index contributed by atoms with van der Waals surface area (Å²) in [5, 5.41) is 0. The number of hydrogen-bond donors (Lipinski definition) is 0. The van der Waals surface area contributed by atoms with E-state index in [-0.39, 0.29) is 5.78 Å². The summed E-state index contributed by atoms with van der Waals surface area (Å²) in [7, 11) is 1.97. The van der Waals surface area contributed by atoms with E-state index in [1.165, 1.54) is 5.69 Å². The molecule has 0 N–H and O–H groups in total. The quantitative estimate of drug-likeness (QED) is 0.616. The van der Waals surface area contributed by atoms with E-state index in [1.807, 2.05) is 38.6 Å². The zero-order valence-electron chi connectivity index (χ0n) is 8.14. The summed E-state index contributed by atoms with van der Waals surface area (Å²) in [4.78, 5) is 11.4. The van der Waals surface area contributed by atoms with Crippen LogP contribution in [0.15, 0.2) is 6.20 Å². The minimum Gasteiger partial charge on any atom is -0.354 e. The van der Waals surface area contributed by atoms with Crippen molar-refractivity contribution < 1.29 is 4.79 Å². The Morgan fingerprint density at radius 3 is 2.42 bits per heavy atom. The molecule has 12 heavy (non-hydrogen) atoms. The van der Waals surface area contributed by atoms with Crippen molar-refractivity contribution in [1.82, 2.24) is 4.57 Å². The van der Waals surface area contributed by atoms with E-state index in [0.29, 0.717) is 6.42 Å². The lowest BCUT2D eigenvalue weighted by molar-refractivity contribution is 0.0987. The molecule has 0 saturated heterocycles. The Balaban J connectivity index is 3.17. The van der Waals surface area contributed by atoms with Crippen molar-refractivity contribution >= 4 is 5.78 Å². The fourth-order valence-electron chi connectivity index (χ4n) is 1.32. The van der Waals surface area contributed by atoms with Gasteiger partial charge in [0.25, 0.3) is 0 Å². The molecular weight excluding hydrogens is 150 g/mol.